The summed E-state index contributed by atoms with van der Waals surface area (Å²) in [6.45, 7) is 9.46. The molecular formula is C24H32FN3O3S. The molecule has 1 amide bonds. The minimum absolute atomic E-state index is 0.0614. The largest absolute Gasteiger partial charge is 0.598 e. The zero-order chi connectivity index (χ0) is 23.5. The molecule has 0 aromatic heterocycles. The Kier molecular flexibility index (Phi) is 7.69. The first kappa shape index (κ1) is 24.4. The number of carboxylic acid groups (broad SMARTS) is 1. The third-order valence-electron chi connectivity index (χ3n) is 5.66. The summed E-state index contributed by atoms with van der Waals surface area (Å²) in [5.41, 5.74) is 3.14. The van der Waals surface area contributed by atoms with Crippen LogP contribution in [0, 0.1) is 5.82 Å². The van der Waals surface area contributed by atoms with Gasteiger partial charge in [0.25, 0.3) is 0 Å². The summed E-state index contributed by atoms with van der Waals surface area (Å²) >= 11 is -1.16. The van der Waals surface area contributed by atoms with Crippen molar-refractivity contribution in [1.29, 1.82) is 0 Å². The van der Waals surface area contributed by atoms with Gasteiger partial charge >= 0.3 is 6.09 Å². The van der Waals surface area contributed by atoms with Crippen LogP contribution in [0.25, 0.3) is 0 Å². The van der Waals surface area contributed by atoms with Gasteiger partial charge in [-0.05, 0) is 50.5 Å². The van der Waals surface area contributed by atoms with Gasteiger partial charge in [-0.25, -0.2) is 9.18 Å². The molecule has 0 aliphatic carbocycles. The second-order valence-corrected chi connectivity index (χ2v) is 11.1. The minimum atomic E-state index is -1.16. The number of hydrogen-bond donors (Lipinski definition) is 2. The van der Waals surface area contributed by atoms with Gasteiger partial charge in [-0.15, -0.1) is 4.72 Å². The van der Waals surface area contributed by atoms with E-state index in [-0.39, 0.29) is 16.6 Å². The summed E-state index contributed by atoms with van der Waals surface area (Å²) < 4.78 is 30.4. The van der Waals surface area contributed by atoms with E-state index >= 15 is 4.39 Å². The first-order valence-electron chi connectivity index (χ1n) is 10.8. The van der Waals surface area contributed by atoms with E-state index in [0.29, 0.717) is 43.9 Å². The normalized spacial score (nSPS) is 16.7. The Morgan fingerprint density at radius 2 is 1.78 bits per heavy atom. The molecule has 2 atom stereocenters. The molecule has 6 nitrogen and oxygen atoms in total. The van der Waals surface area contributed by atoms with Gasteiger partial charge < -0.3 is 19.5 Å². The predicted octanol–water partition coefficient (Wildman–Crippen LogP) is 4.33. The van der Waals surface area contributed by atoms with E-state index < -0.39 is 17.5 Å². The Morgan fingerprint density at radius 1 is 1.16 bits per heavy atom. The lowest BCUT2D eigenvalue weighted by atomic mass is 10.0. The fourth-order valence-corrected chi connectivity index (χ4v) is 4.45. The summed E-state index contributed by atoms with van der Waals surface area (Å²) in [5, 5.41) is 9.10. The molecule has 1 aliphatic heterocycles. The quantitative estimate of drug-likeness (QED) is 0.626. The Bertz CT molecular complexity index is 925. The summed E-state index contributed by atoms with van der Waals surface area (Å²) in [5.74, 6) is -0.254. The minimum Gasteiger partial charge on any atom is -0.598 e. The number of piperazine rings is 1. The SMILES string of the molecule is C[C@H](N[S+]([O-])C(C)(C)C)c1ccc(Cc2cccc(N3CCN(C(=O)O)CC3)c2F)cc1. The molecule has 1 aliphatic rings. The third-order valence-corrected chi connectivity index (χ3v) is 7.34. The summed E-state index contributed by atoms with van der Waals surface area (Å²) in [4.78, 5) is 14.4. The van der Waals surface area contributed by atoms with Gasteiger partial charge in [-0.1, -0.05) is 36.4 Å². The van der Waals surface area contributed by atoms with E-state index in [1.54, 1.807) is 12.1 Å². The lowest BCUT2D eigenvalue weighted by molar-refractivity contribution is 0.142. The smallest absolute Gasteiger partial charge is 0.407 e. The molecule has 0 radical (unpaired) electrons. The van der Waals surface area contributed by atoms with Crippen molar-refractivity contribution in [1.82, 2.24) is 9.62 Å². The van der Waals surface area contributed by atoms with Crippen LogP contribution in [-0.4, -0.2) is 51.6 Å². The maximum atomic E-state index is 15.2. The number of carbonyl (C=O) groups is 1. The second-order valence-electron chi connectivity index (χ2n) is 9.15. The van der Waals surface area contributed by atoms with Crippen molar-refractivity contribution in [2.75, 3.05) is 31.1 Å². The van der Waals surface area contributed by atoms with E-state index in [9.17, 15) is 9.35 Å². The van der Waals surface area contributed by atoms with Crippen LogP contribution in [0.1, 0.15) is 50.4 Å². The zero-order valence-corrected chi connectivity index (χ0v) is 19.9. The molecule has 32 heavy (non-hydrogen) atoms. The Hall–Kier alpha value is -2.29. The van der Waals surface area contributed by atoms with Gasteiger partial charge in [0.05, 0.1) is 11.7 Å². The first-order valence-corrected chi connectivity index (χ1v) is 12.0. The average Bonchev–Trinajstić information content (AvgIpc) is 2.75. The maximum Gasteiger partial charge on any atom is 0.407 e. The number of hydrogen-bond acceptors (Lipinski definition) is 4. The molecule has 1 fully saturated rings. The molecule has 0 saturated carbocycles. The third kappa shape index (κ3) is 5.94. The fraction of sp³-hybridized carbons (Fsp3) is 0.458. The monoisotopic (exact) mass is 461 g/mol. The van der Waals surface area contributed by atoms with Crippen molar-refractivity contribution in [3.05, 3.63) is 65.0 Å². The summed E-state index contributed by atoms with van der Waals surface area (Å²) in [6, 6.07) is 13.3. The van der Waals surface area contributed by atoms with E-state index in [4.69, 9.17) is 5.11 Å². The number of halogens is 1. The molecule has 2 aromatic rings. The van der Waals surface area contributed by atoms with Gasteiger partial charge in [0.15, 0.2) is 0 Å². The molecular weight excluding hydrogens is 429 g/mol. The standard InChI is InChI=1S/C24H32FN3O3S/c1-17(26-32(31)24(2,3)4)19-10-8-18(9-11-19)16-20-6-5-7-21(22(20)25)27-12-14-28(15-13-27)23(29)30/h5-11,17,26H,12-16H2,1-4H3,(H,29,30)/t17-,32?/m0/s1. The van der Waals surface area contributed by atoms with Crippen molar-refractivity contribution in [3.63, 3.8) is 0 Å². The van der Waals surface area contributed by atoms with Crippen LogP contribution in [0.15, 0.2) is 42.5 Å². The van der Waals surface area contributed by atoms with Crippen LogP contribution in [0.5, 0.6) is 0 Å². The van der Waals surface area contributed by atoms with Crippen LogP contribution >= 0.6 is 0 Å². The molecule has 2 N–H and O–H groups in total. The Morgan fingerprint density at radius 3 is 2.34 bits per heavy atom. The van der Waals surface area contributed by atoms with Crippen molar-refractivity contribution >= 4 is 23.1 Å². The van der Waals surface area contributed by atoms with E-state index in [1.165, 1.54) is 4.90 Å². The van der Waals surface area contributed by atoms with Crippen LogP contribution in [-0.2, 0) is 17.8 Å². The zero-order valence-electron chi connectivity index (χ0n) is 19.1. The Labute approximate surface area is 192 Å². The van der Waals surface area contributed by atoms with E-state index in [2.05, 4.69) is 4.72 Å². The highest BCUT2D eigenvalue weighted by atomic mass is 32.2. The number of amides is 1. The van der Waals surface area contributed by atoms with Crippen LogP contribution < -0.4 is 9.62 Å². The first-order chi connectivity index (χ1) is 15.1. The van der Waals surface area contributed by atoms with Crippen LogP contribution in [0.4, 0.5) is 14.9 Å². The van der Waals surface area contributed by atoms with Crippen molar-refractivity contribution in [2.45, 2.75) is 44.9 Å². The average molecular weight is 462 g/mol. The van der Waals surface area contributed by atoms with Gasteiger partial charge in [0, 0.05) is 44.0 Å². The second kappa shape index (κ2) is 10.1. The summed E-state index contributed by atoms with van der Waals surface area (Å²) in [7, 11) is 0. The van der Waals surface area contributed by atoms with Crippen LogP contribution in [0.2, 0.25) is 0 Å². The fourth-order valence-electron chi connectivity index (χ4n) is 3.64. The summed E-state index contributed by atoms with van der Waals surface area (Å²) in [6.07, 6.45) is -0.471. The van der Waals surface area contributed by atoms with E-state index in [1.807, 2.05) is 62.9 Å². The number of rotatable bonds is 6. The molecule has 8 heteroatoms. The highest BCUT2D eigenvalue weighted by Crippen LogP contribution is 2.26. The molecule has 3 rings (SSSR count). The number of nitrogens with zero attached hydrogens (tertiary/aromatic N) is 2. The highest BCUT2D eigenvalue weighted by molar-refractivity contribution is 7.90. The molecule has 0 bridgehead atoms. The maximum absolute atomic E-state index is 15.2. The van der Waals surface area contributed by atoms with Gasteiger partial charge in [0.2, 0.25) is 0 Å². The van der Waals surface area contributed by atoms with Gasteiger partial charge in [-0.2, -0.15) is 0 Å². The van der Waals surface area contributed by atoms with Gasteiger partial charge in [0.1, 0.15) is 10.6 Å². The molecule has 1 heterocycles. The number of anilines is 1. The van der Waals surface area contributed by atoms with E-state index in [0.717, 1.165) is 11.1 Å². The van der Waals surface area contributed by atoms with Gasteiger partial charge in [-0.3, -0.25) is 0 Å². The molecule has 174 valence electrons. The highest BCUT2D eigenvalue weighted by Gasteiger charge is 2.28. The predicted molar refractivity (Wildman–Crippen MR) is 127 cm³/mol. The topological polar surface area (TPSA) is 78.9 Å². The van der Waals surface area contributed by atoms with Crippen molar-refractivity contribution < 1.29 is 18.8 Å². The number of benzene rings is 2. The lowest BCUT2D eigenvalue weighted by Crippen LogP contribution is -2.48. The molecule has 1 saturated heterocycles. The van der Waals surface area contributed by atoms with Crippen molar-refractivity contribution in [2.24, 2.45) is 0 Å². The lowest BCUT2D eigenvalue weighted by Gasteiger charge is -2.35. The molecule has 1 unspecified atom stereocenters. The van der Waals surface area contributed by atoms with Crippen molar-refractivity contribution in [3.8, 4) is 0 Å². The number of nitrogens with one attached hydrogen (secondary N) is 1. The van der Waals surface area contributed by atoms with Crippen LogP contribution in [0.3, 0.4) is 0 Å². The molecule has 2 aromatic carbocycles. The Balaban J connectivity index is 1.66. The molecule has 0 spiro atoms.